The fourth-order valence-corrected chi connectivity index (χ4v) is 0. The van der Waals surface area contributed by atoms with Crippen molar-refractivity contribution in [1.29, 1.82) is 0 Å². The van der Waals surface area contributed by atoms with Crippen LogP contribution >= 0.6 is 0 Å². The normalized spacial score (nSPS) is 6.00. The first kappa shape index (κ1) is 9.57. The maximum Gasteiger partial charge on any atom is 0.0428 e. The predicted molar refractivity (Wildman–Crippen MR) is 17.4 cm³/mol. The van der Waals surface area contributed by atoms with E-state index < -0.39 is 0 Å². The Morgan fingerprint density at radius 3 is 1.80 bits per heavy atom. The molecular formula is C3H8OSm. The fourth-order valence-electron chi connectivity index (χ4n) is 0. The number of hydrogen-bond donors (Lipinski definition) is 1. The van der Waals surface area contributed by atoms with E-state index >= 15 is 0 Å². The summed E-state index contributed by atoms with van der Waals surface area (Å²) < 4.78 is 0. The van der Waals surface area contributed by atoms with Crippen LogP contribution in [0.1, 0.15) is 13.3 Å². The second-order valence-corrected chi connectivity index (χ2v) is 0.724. The number of aliphatic hydroxyl groups is 1. The van der Waals surface area contributed by atoms with Crippen LogP contribution in [-0.4, -0.2) is 11.7 Å². The van der Waals surface area contributed by atoms with Crippen LogP contribution in [-0.2, 0) is 0 Å². The summed E-state index contributed by atoms with van der Waals surface area (Å²) in [6, 6.07) is 0. The van der Waals surface area contributed by atoms with Crippen LogP contribution in [0.2, 0.25) is 0 Å². The van der Waals surface area contributed by atoms with Crippen LogP contribution in [0.15, 0.2) is 0 Å². The van der Waals surface area contributed by atoms with Crippen LogP contribution in [0.4, 0.5) is 0 Å². The standard InChI is InChI=1S/C3H8O.Sm/c1-2-3-4;/h4H,2-3H2,1H3;. The summed E-state index contributed by atoms with van der Waals surface area (Å²) in [5, 5.41) is 7.88. The Kier molecular flexibility index (Phi) is 17.2. The SMILES string of the molecule is CCCO.[Sm]. The second kappa shape index (κ2) is 9.00. The van der Waals surface area contributed by atoms with Gasteiger partial charge in [-0.2, -0.15) is 0 Å². The minimum Gasteiger partial charge on any atom is -0.396 e. The zero-order valence-electron chi connectivity index (χ0n) is 3.27. The summed E-state index contributed by atoms with van der Waals surface area (Å²) >= 11 is 0. The zero-order valence-corrected chi connectivity index (χ0v) is 5.89. The molecule has 0 unspecified atom stereocenters. The van der Waals surface area contributed by atoms with Crippen LogP contribution in [0.5, 0.6) is 0 Å². The van der Waals surface area contributed by atoms with E-state index in [1.54, 1.807) is 0 Å². The molecule has 0 spiro atoms. The van der Waals surface area contributed by atoms with Crippen molar-refractivity contribution in [2.75, 3.05) is 6.61 Å². The van der Waals surface area contributed by atoms with Gasteiger partial charge in [0.2, 0.25) is 0 Å². The first-order chi connectivity index (χ1) is 1.91. The molecule has 32 valence electrons. The van der Waals surface area contributed by atoms with E-state index in [4.69, 9.17) is 5.11 Å². The van der Waals surface area contributed by atoms with Crippen molar-refractivity contribution in [3.63, 3.8) is 0 Å². The first-order valence-corrected chi connectivity index (χ1v) is 1.52. The Bertz CT molecular complexity index is 8.85. The molecule has 1 N–H and O–H groups in total. The van der Waals surface area contributed by atoms with Gasteiger partial charge in [-0.25, -0.2) is 0 Å². The Hall–Kier alpha value is 1.30. The van der Waals surface area contributed by atoms with Crippen molar-refractivity contribution in [2.45, 2.75) is 13.3 Å². The van der Waals surface area contributed by atoms with Crippen LogP contribution in [0.25, 0.3) is 0 Å². The van der Waals surface area contributed by atoms with E-state index in [1.807, 2.05) is 6.92 Å². The van der Waals surface area contributed by atoms with Gasteiger partial charge in [-0.3, -0.25) is 0 Å². The quantitative estimate of drug-likeness (QED) is 0.664. The smallest absolute Gasteiger partial charge is 0.0428 e. The Labute approximate surface area is 64.9 Å². The zero-order chi connectivity index (χ0) is 3.41. The van der Waals surface area contributed by atoms with Crippen LogP contribution in [0.3, 0.4) is 0 Å². The van der Waals surface area contributed by atoms with Gasteiger partial charge in [0.25, 0.3) is 0 Å². The van der Waals surface area contributed by atoms with Gasteiger partial charge >= 0.3 is 0 Å². The van der Waals surface area contributed by atoms with E-state index in [-0.39, 0.29) is 40.4 Å². The van der Waals surface area contributed by atoms with E-state index in [0.29, 0.717) is 6.61 Å². The third-order valence-electron chi connectivity index (χ3n) is 0.224. The summed E-state index contributed by atoms with van der Waals surface area (Å²) in [6.45, 7) is 2.25. The number of rotatable bonds is 1. The maximum atomic E-state index is 7.88. The first-order valence-electron chi connectivity index (χ1n) is 1.52. The van der Waals surface area contributed by atoms with Crippen molar-refractivity contribution in [1.82, 2.24) is 0 Å². The summed E-state index contributed by atoms with van der Waals surface area (Å²) in [6.07, 6.45) is 0.875. The molecule has 5 heavy (non-hydrogen) atoms. The third-order valence-corrected chi connectivity index (χ3v) is 0.224. The number of hydrogen-bond acceptors (Lipinski definition) is 1. The van der Waals surface area contributed by atoms with Gasteiger partial charge in [-0.05, 0) is 6.42 Å². The van der Waals surface area contributed by atoms with Gasteiger partial charge in [0.15, 0.2) is 0 Å². The molecule has 0 saturated heterocycles. The molecule has 0 saturated carbocycles. The van der Waals surface area contributed by atoms with Gasteiger partial charge in [0.05, 0.1) is 0 Å². The molecule has 1 nitrogen and oxygen atoms in total. The van der Waals surface area contributed by atoms with Gasteiger partial charge in [0, 0.05) is 47.0 Å². The van der Waals surface area contributed by atoms with Gasteiger partial charge in [-0.1, -0.05) is 6.92 Å². The molecular weight excluding hydrogens is 202 g/mol. The summed E-state index contributed by atoms with van der Waals surface area (Å²) in [5.41, 5.74) is 0. The van der Waals surface area contributed by atoms with Gasteiger partial charge < -0.3 is 5.11 Å². The molecule has 0 aliphatic heterocycles. The second-order valence-electron chi connectivity index (χ2n) is 0.724. The third kappa shape index (κ3) is 10.9. The largest absolute Gasteiger partial charge is 0.396 e. The average Bonchev–Trinajstić information content (AvgIpc) is 1.37. The molecule has 0 aliphatic carbocycles. The van der Waals surface area contributed by atoms with E-state index in [1.165, 1.54) is 0 Å². The molecule has 0 aromatic carbocycles. The molecule has 0 amide bonds. The van der Waals surface area contributed by atoms with E-state index in [0.717, 1.165) is 6.42 Å². The molecule has 0 fully saturated rings. The molecule has 0 aromatic heterocycles. The molecule has 0 atom stereocenters. The Morgan fingerprint density at radius 2 is 1.80 bits per heavy atom. The van der Waals surface area contributed by atoms with E-state index in [9.17, 15) is 0 Å². The Balaban J connectivity index is 0. The molecule has 0 radical (unpaired) electrons. The van der Waals surface area contributed by atoms with Crippen molar-refractivity contribution >= 4 is 0 Å². The van der Waals surface area contributed by atoms with Gasteiger partial charge in [-0.15, -0.1) is 0 Å². The number of aliphatic hydroxyl groups excluding tert-OH is 1. The van der Waals surface area contributed by atoms with Crippen LogP contribution < -0.4 is 0 Å². The molecule has 2 heteroatoms. The monoisotopic (exact) mass is 212 g/mol. The summed E-state index contributed by atoms with van der Waals surface area (Å²) in [7, 11) is 0. The van der Waals surface area contributed by atoms with Crippen LogP contribution in [0, 0.1) is 40.4 Å². The molecule has 0 bridgehead atoms. The van der Waals surface area contributed by atoms with Crippen molar-refractivity contribution in [3.8, 4) is 0 Å². The molecule has 0 aliphatic rings. The van der Waals surface area contributed by atoms with Gasteiger partial charge in [0.1, 0.15) is 0 Å². The van der Waals surface area contributed by atoms with Crippen molar-refractivity contribution in [2.24, 2.45) is 0 Å². The Morgan fingerprint density at radius 1 is 1.60 bits per heavy atom. The summed E-state index contributed by atoms with van der Waals surface area (Å²) in [5.74, 6) is 0. The van der Waals surface area contributed by atoms with E-state index in [2.05, 4.69) is 0 Å². The molecule has 0 heterocycles. The molecule has 0 aromatic rings. The molecule has 0 rings (SSSR count). The fraction of sp³-hybridized carbons (Fsp3) is 1.00. The minimum atomic E-state index is 0. The predicted octanol–water partition coefficient (Wildman–Crippen LogP) is 0.389. The van der Waals surface area contributed by atoms with Crippen molar-refractivity contribution in [3.05, 3.63) is 0 Å². The average molecular weight is 210 g/mol. The maximum absolute atomic E-state index is 7.88. The summed E-state index contributed by atoms with van der Waals surface area (Å²) in [4.78, 5) is 0. The van der Waals surface area contributed by atoms with Crippen molar-refractivity contribution < 1.29 is 45.5 Å². The topological polar surface area (TPSA) is 20.2 Å². The minimum absolute atomic E-state index is 0.